The number of carbonyl (C=O) groups is 2. The van der Waals surface area contributed by atoms with Crippen LogP contribution >= 0.6 is 0 Å². The lowest BCUT2D eigenvalue weighted by molar-refractivity contribution is -0.118. The molecule has 3 N–H and O–H groups in total. The molecule has 170 valence electrons. The van der Waals surface area contributed by atoms with Gasteiger partial charge in [0.2, 0.25) is 0 Å². The average Bonchev–Trinajstić information content (AvgIpc) is 3.04. The number of rotatable bonds is 3. The predicted molar refractivity (Wildman–Crippen MR) is 125 cm³/mol. The van der Waals surface area contributed by atoms with E-state index in [1.54, 1.807) is 0 Å². The van der Waals surface area contributed by atoms with Crippen LogP contribution in [0.4, 0.5) is 0 Å². The molecule has 4 unspecified atom stereocenters. The Labute approximate surface area is 191 Å². The molecule has 0 aromatic carbocycles. The summed E-state index contributed by atoms with van der Waals surface area (Å²) in [6.07, 6.45) is 16.6. The second kappa shape index (κ2) is 7.69. The van der Waals surface area contributed by atoms with Gasteiger partial charge in [0.05, 0.1) is 11.2 Å². The van der Waals surface area contributed by atoms with Crippen LogP contribution in [0.3, 0.4) is 0 Å². The maximum absolute atomic E-state index is 12.5. The van der Waals surface area contributed by atoms with Crippen molar-refractivity contribution in [2.75, 3.05) is 0 Å². The van der Waals surface area contributed by atoms with E-state index in [4.69, 9.17) is 5.73 Å². The van der Waals surface area contributed by atoms with E-state index in [-0.39, 0.29) is 17.1 Å². The van der Waals surface area contributed by atoms with Gasteiger partial charge in [-0.25, -0.2) is 0 Å². The SMILES string of the molecule is C/C=C/[C@]1(O)CCC2C3CCC4=C(C=O)C(=O)CCC4=C3C(C3=CC=C(N)CC3)CC21C. The molecule has 0 saturated heterocycles. The zero-order valence-electron chi connectivity index (χ0n) is 19.3. The zero-order valence-corrected chi connectivity index (χ0v) is 19.3. The minimum Gasteiger partial charge on any atom is -0.402 e. The number of allylic oxidation sites excluding steroid dienone is 9. The highest BCUT2D eigenvalue weighted by Gasteiger charge is 2.62. The summed E-state index contributed by atoms with van der Waals surface area (Å²) in [5, 5.41) is 11.8. The second-order valence-corrected chi connectivity index (χ2v) is 10.7. The monoisotopic (exact) mass is 433 g/mol. The van der Waals surface area contributed by atoms with Crippen LogP contribution in [-0.4, -0.2) is 22.8 Å². The van der Waals surface area contributed by atoms with Crippen LogP contribution in [-0.2, 0) is 9.59 Å². The van der Waals surface area contributed by atoms with E-state index < -0.39 is 5.60 Å². The molecule has 2 fully saturated rings. The van der Waals surface area contributed by atoms with Crippen molar-refractivity contribution in [1.82, 2.24) is 0 Å². The van der Waals surface area contributed by atoms with Gasteiger partial charge in [-0.05, 0) is 87.3 Å². The third-order valence-electron chi connectivity index (χ3n) is 9.40. The van der Waals surface area contributed by atoms with E-state index in [2.05, 4.69) is 13.0 Å². The van der Waals surface area contributed by atoms with Gasteiger partial charge in [0.15, 0.2) is 12.1 Å². The Morgan fingerprint density at radius 3 is 2.59 bits per heavy atom. The van der Waals surface area contributed by atoms with Gasteiger partial charge in [0, 0.05) is 23.5 Å². The Balaban J connectivity index is 1.70. The third kappa shape index (κ3) is 2.98. The van der Waals surface area contributed by atoms with E-state index >= 15 is 0 Å². The number of ketones is 1. The van der Waals surface area contributed by atoms with Crippen molar-refractivity contribution in [2.45, 2.75) is 77.2 Å². The van der Waals surface area contributed by atoms with Crippen LogP contribution in [0, 0.1) is 23.2 Å². The van der Waals surface area contributed by atoms with Gasteiger partial charge in [-0.15, -0.1) is 0 Å². The predicted octanol–water partition coefficient (Wildman–Crippen LogP) is 4.86. The van der Waals surface area contributed by atoms with Crippen LogP contribution in [0.1, 0.15) is 71.6 Å². The van der Waals surface area contributed by atoms with Gasteiger partial charge >= 0.3 is 0 Å². The number of carbonyl (C=O) groups excluding carboxylic acids is 2. The normalized spacial score (nSPS) is 39.5. The molecule has 5 atom stereocenters. The van der Waals surface area contributed by atoms with Gasteiger partial charge in [-0.1, -0.05) is 36.3 Å². The van der Waals surface area contributed by atoms with Crippen LogP contribution in [0.5, 0.6) is 0 Å². The summed E-state index contributed by atoms with van der Waals surface area (Å²) in [6.45, 7) is 4.30. The molecule has 0 aliphatic heterocycles. The average molecular weight is 434 g/mol. The summed E-state index contributed by atoms with van der Waals surface area (Å²) in [5.74, 6) is 1.07. The van der Waals surface area contributed by atoms with Crippen molar-refractivity contribution in [1.29, 1.82) is 0 Å². The van der Waals surface area contributed by atoms with Gasteiger partial charge in [-0.3, -0.25) is 9.59 Å². The molecular formula is C28H35NO3. The number of fused-ring (bicyclic) bond motifs is 4. The fourth-order valence-corrected chi connectivity index (χ4v) is 7.81. The van der Waals surface area contributed by atoms with Gasteiger partial charge in [-0.2, -0.15) is 0 Å². The molecule has 0 heterocycles. The minimum absolute atomic E-state index is 0.00547. The highest BCUT2D eigenvalue weighted by atomic mass is 16.3. The molecule has 0 spiro atoms. The topological polar surface area (TPSA) is 80.4 Å². The lowest BCUT2D eigenvalue weighted by Crippen LogP contribution is -2.51. The molecule has 0 radical (unpaired) electrons. The lowest BCUT2D eigenvalue weighted by Gasteiger charge is -2.55. The highest BCUT2D eigenvalue weighted by Crippen LogP contribution is 2.66. The van der Waals surface area contributed by atoms with E-state index in [0.717, 1.165) is 68.9 Å². The van der Waals surface area contributed by atoms with Crippen molar-refractivity contribution >= 4 is 12.1 Å². The molecule has 5 rings (SSSR count). The van der Waals surface area contributed by atoms with Gasteiger partial charge in [0.1, 0.15) is 0 Å². The smallest absolute Gasteiger partial charge is 0.166 e. The fraction of sp³-hybridized carbons (Fsp3) is 0.571. The molecular weight excluding hydrogens is 398 g/mol. The Kier molecular flexibility index (Phi) is 5.20. The van der Waals surface area contributed by atoms with Crippen LogP contribution in [0.25, 0.3) is 0 Å². The summed E-state index contributed by atoms with van der Waals surface area (Å²) >= 11 is 0. The van der Waals surface area contributed by atoms with Crippen molar-refractivity contribution in [3.63, 3.8) is 0 Å². The first kappa shape index (κ1) is 21.6. The number of hydrogen-bond acceptors (Lipinski definition) is 4. The fourth-order valence-electron chi connectivity index (χ4n) is 7.81. The van der Waals surface area contributed by atoms with E-state index in [1.165, 1.54) is 16.7 Å². The van der Waals surface area contributed by atoms with Crippen LogP contribution in [0.2, 0.25) is 0 Å². The molecule has 32 heavy (non-hydrogen) atoms. The molecule has 2 saturated carbocycles. The third-order valence-corrected chi connectivity index (χ3v) is 9.40. The number of Topliss-reactive ketones (excluding diaryl/α,β-unsaturated/α-hetero) is 1. The van der Waals surface area contributed by atoms with E-state index in [1.807, 2.05) is 25.2 Å². The van der Waals surface area contributed by atoms with E-state index in [9.17, 15) is 14.7 Å². The number of aldehydes is 1. The molecule has 0 aromatic heterocycles. The molecule has 0 amide bonds. The van der Waals surface area contributed by atoms with Gasteiger partial charge in [0.25, 0.3) is 0 Å². The van der Waals surface area contributed by atoms with Crippen molar-refractivity contribution in [3.05, 3.63) is 57.9 Å². The molecule has 4 nitrogen and oxygen atoms in total. The largest absolute Gasteiger partial charge is 0.402 e. The standard InChI is InChI=1S/C28H35NO3/c1-3-13-28(32)14-12-24-21-9-8-19-20(10-11-25(31)23(19)16-30)26(21)22(15-27(24,28)2)17-4-6-18(29)7-5-17/h3-4,6,13,16,21-22,24,32H,5,7-12,14-15,29H2,1-2H3/b13-3+/t21?,22?,24?,27?,28-/m0/s1. The summed E-state index contributed by atoms with van der Waals surface area (Å²) < 4.78 is 0. The van der Waals surface area contributed by atoms with Crippen molar-refractivity contribution < 1.29 is 14.7 Å². The Bertz CT molecular complexity index is 1030. The maximum atomic E-state index is 12.5. The molecule has 0 bridgehead atoms. The summed E-state index contributed by atoms with van der Waals surface area (Å²) in [5.41, 5.74) is 11.6. The summed E-state index contributed by atoms with van der Waals surface area (Å²) in [6, 6.07) is 0. The van der Waals surface area contributed by atoms with E-state index in [0.29, 0.717) is 23.8 Å². The maximum Gasteiger partial charge on any atom is 0.166 e. The molecule has 5 aliphatic carbocycles. The molecule has 0 aromatic rings. The minimum atomic E-state index is -0.780. The second-order valence-electron chi connectivity index (χ2n) is 10.7. The summed E-state index contributed by atoms with van der Waals surface area (Å²) in [7, 11) is 0. The molecule has 5 aliphatic rings. The first-order chi connectivity index (χ1) is 15.3. The Morgan fingerprint density at radius 1 is 1.09 bits per heavy atom. The van der Waals surface area contributed by atoms with Crippen molar-refractivity contribution in [3.8, 4) is 0 Å². The lowest BCUT2D eigenvalue weighted by atomic mass is 9.50. The quantitative estimate of drug-likeness (QED) is 0.378. The summed E-state index contributed by atoms with van der Waals surface area (Å²) in [4.78, 5) is 24.3. The van der Waals surface area contributed by atoms with Gasteiger partial charge < -0.3 is 10.8 Å². The Morgan fingerprint density at radius 2 is 1.91 bits per heavy atom. The van der Waals surface area contributed by atoms with Crippen LogP contribution in [0.15, 0.2) is 57.9 Å². The number of hydrogen-bond donors (Lipinski definition) is 2. The first-order valence-electron chi connectivity index (χ1n) is 12.3. The number of aliphatic hydroxyl groups is 1. The van der Waals surface area contributed by atoms with Crippen molar-refractivity contribution in [2.24, 2.45) is 28.9 Å². The Hall–Kier alpha value is -2.20. The van der Waals surface area contributed by atoms with Crippen LogP contribution < -0.4 is 5.73 Å². The molecule has 4 heteroatoms. The zero-order chi connectivity index (χ0) is 22.7. The first-order valence-corrected chi connectivity index (χ1v) is 12.3. The number of nitrogens with two attached hydrogens (primary N) is 1. The highest BCUT2D eigenvalue weighted by molar-refractivity contribution is 6.14.